The Kier molecular flexibility index (Phi) is 3.89. The summed E-state index contributed by atoms with van der Waals surface area (Å²) in [4.78, 5) is 15.7. The molecule has 0 aromatic heterocycles. The molecule has 2 atom stereocenters. The Morgan fingerprint density at radius 2 is 2.21 bits per heavy atom. The SMILES string of the molecule is CCC(C(N)=O)N1CCN(C)C(C)C1. The summed E-state index contributed by atoms with van der Waals surface area (Å²) in [5.41, 5.74) is 5.36. The minimum absolute atomic E-state index is 0.0776. The number of nitrogens with two attached hydrogens (primary N) is 1. The summed E-state index contributed by atoms with van der Waals surface area (Å²) in [5.74, 6) is -0.191. The highest BCUT2D eigenvalue weighted by Gasteiger charge is 2.28. The lowest BCUT2D eigenvalue weighted by Crippen LogP contribution is -2.56. The fourth-order valence-corrected chi connectivity index (χ4v) is 2.00. The fourth-order valence-electron chi connectivity index (χ4n) is 2.00. The molecule has 0 saturated carbocycles. The van der Waals surface area contributed by atoms with E-state index < -0.39 is 0 Å². The Labute approximate surface area is 86.0 Å². The number of hydrogen-bond donors (Lipinski definition) is 1. The van der Waals surface area contributed by atoms with Gasteiger partial charge in [0.1, 0.15) is 0 Å². The number of amides is 1. The van der Waals surface area contributed by atoms with Gasteiger partial charge in [-0.25, -0.2) is 0 Å². The average Bonchev–Trinajstić information content (AvgIpc) is 2.11. The number of hydrogen-bond acceptors (Lipinski definition) is 3. The van der Waals surface area contributed by atoms with Gasteiger partial charge in [0.2, 0.25) is 5.91 Å². The zero-order valence-electron chi connectivity index (χ0n) is 9.36. The van der Waals surface area contributed by atoms with E-state index in [9.17, 15) is 4.79 Å². The molecule has 2 unspecified atom stereocenters. The van der Waals surface area contributed by atoms with Crippen LogP contribution in [-0.2, 0) is 4.79 Å². The van der Waals surface area contributed by atoms with Crippen LogP contribution >= 0.6 is 0 Å². The summed E-state index contributed by atoms with van der Waals surface area (Å²) in [6.45, 7) is 7.10. The maximum atomic E-state index is 11.2. The van der Waals surface area contributed by atoms with Crippen LogP contribution in [0.4, 0.5) is 0 Å². The molecule has 1 aliphatic heterocycles. The molecule has 4 heteroatoms. The lowest BCUT2D eigenvalue weighted by atomic mass is 10.1. The molecule has 82 valence electrons. The van der Waals surface area contributed by atoms with Gasteiger partial charge in [0.15, 0.2) is 0 Å². The minimum atomic E-state index is -0.191. The van der Waals surface area contributed by atoms with Crippen LogP contribution < -0.4 is 5.73 Å². The van der Waals surface area contributed by atoms with E-state index in [1.54, 1.807) is 0 Å². The van der Waals surface area contributed by atoms with Crippen molar-refractivity contribution in [3.8, 4) is 0 Å². The molecule has 1 aliphatic rings. The molecule has 1 amide bonds. The smallest absolute Gasteiger partial charge is 0.234 e. The van der Waals surface area contributed by atoms with E-state index in [0.29, 0.717) is 6.04 Å². The van der Waals surface area contributed by atoms with Crippen molar-refractivity contribution in [3.05, 3.63) is 0 Å². The zero-order valence-corrected chi connectivity index (χ0v) is 9.36. The molecule has 2 N–H and O–H groups in total. The van der Waals surface area contributed by atoms with Gasteiger partial charge >= 0.3 is 0 Å². The first-order valence-corrected chi connectivity index (χ1v) is 5.29. The van der Waals surface area contributed by atoms with E-state index in [1.165, 1.54) is 0 Å². The Morgan fingerprint density at radius 1 is 1.57 bits per heavy atom. The van der Waals surface area contributed by atoms with E-state index >= 15 is 0 Å². The highest BCUT2D eigenvalue weighted by molar-refractivity contribution is 5.79. The number of carbonyl (C=O) groups is 1. The van der Waals surface area contributed by atoms with Gasteiger partial charge in [-0.1, -0.05) is 6.92 Å². The molecular formula is C10H21N3O. The monoisotopic (exact) mass is 199 g/mol. The van der Waals surface area contributed by atoms with Crippen LogP contribution in [0.2, 0.25) is 0 Å². The fraction of sp³-hybridized carbons (Fsp3) is 0.900. The summed E-state index contributed by atoms with van der Waals surface area (Å²) in [6, 6.07) is 0.434. The third-order valence-corrected chi connectivity index (χ3v) is 3.15. The van der Waals surface area contributed by atoms with Crippen LogP contribution in [0.1, 0.15) is 20.3 Å². The van der Waals surface area contributed by atoms with E-state index in [1.807, 2.05) is 6.92 Å². The van der Waals surface area contributed by atoms with Crippen molar-refractivity contribution in [2.45, 2.75) is 32.4 Å². The second kappa shape index (κ2) is 4.75. The van der Waals surface area contributed by atoms with Crippen LogP contribution in [0.3, 0.4) is 0 Å². The number of rotatable bonds is 3. The van der Waals surface area contributed by atoms with E-state index in [2.05, 4.69) is 23.8 Å². The van der Waals surface area contributed by atoms with Crippen molar-refractivity contribution < 1.29 is 4.79 Å². The lowest BCUT2D eigenvalue weighted by Gasteiger charge is -2.40. The summed E-state index contributed by atoms with van der Waals surface area (Å²) >= 11 is 0. The Hall–Kier alpha value is -0.610. The third kappa shape index (κ3) is 2.45. The van der Waals surface area contributed by atoms with Crippen molar-refractivity contribution in [2.24, 2.45) is 5.73 Å². The lowest BCUT2D eigenvalue weighted by molar-refractivity contribution is -0.124. The van der Waals surface area contributed by atoms with E-state index in [4.69, 9.17) is 5.73 Å². The molecule has 0 radical (unpaired) electrons. The highest BCUT2D eigenvalue weighted by Crippen LogP contribution is 2.12. The number of carbonyl (C=O) groups excluding carboxylic acids is 1. The standard InChI is InChI=1S/C10H21N3O/c1-4-9(10(11)14)13-6-5-12(3)8(2)7-13/h8-9H,4-7H2,1-3H3,(H2,11,14). The van der Waals surface area contributed by atoms with Crippen molar-refractivity contribution in [1.82, 2.24) is 9.80 Å². The molecule has 0 bridgehead atoms. The second-order valence-corrected chi connectivity index (χ2v) is 4.15. The second-order valence-electron chi connectivity index (χ2n) is 4.15. The Morgan fingerprint density at radius 3 is 2.64 bits per heavy atom. The molecule has 1 rings (SSSR count). The van der Waals surface area contributed by atoms with Gasteiger partial charge in [0.25, 0.3) is 0 Å². The van der Waals surface area contributed by atoms with Gasteiger partial charge in [-0.3, -0.25) is 9.69 Å². The molecule has 0 aromatic rings. The van der Waals surface area contributed by atoms with Gasteiger partial charge in [0.05, 0.1) is 6.04 Å². The first-order valence-electron chi connectivity index (χ1n) is 5.29. The van der Waals surface area contributed by atoms with Crippen LogP contribution in [0.25, 0.3) is 0 Å². The predicted octanol–water partition coefficient (Wildman–Crippen LogP) is -0.114. The van der Waals surface area contributed by atoms with Crippen molar-refractivity contribution in [3.63, 3.8) is 0 Å². The molecule has 0 aromatic carbocycles. The quantitative estimate of drug-likeness (QED) is 0.690. The van der Waals surface area contributed by atoms with Crippen LogP contribution in [0.15, 0.2) is 0 Å². The first-order chi connectivity index (χ1) is 6.56. The summed E-state index contributed by atoms with van der Waals surface area (Å²) in [7, 11) is 2.12. The molecular weight excluding hydrogens is 178 g/mol. The van der Waals surface area contributed by atoms with Gasteiger partial charge in [-0.05, 0) is 20.4 Å². The molecule has 0 spiro atoms. The van der Waals surface area contributed by atoms with Crippen molar-refractivity contribution in [1.29, 1.82) is 0 Å². The van der Waals surface area contributed by atoms with Gasteiger partial charge in [0, 0.05) is 25.7 Å². The topological polar surface area (TPSA) is 49.6 Å². The number of nitrogens with zero attached hydrogens (tertiary/aromatic N) is 2. The first kappa shape index (κ1) is 11.5. The number of piperazine rings is 1. The average molecular weight is 199 g/mol. The van der Waals surface area contributed by atoms with E-state index in [-0.39, 0.29) is 11.9 Å². The van der Waals surface area contributed by atoms with Crippen LogP contribution in [-0.4, -0.2) is 54.5 Å². The highest BCUT2D eigenvalue weighted by atomic mass is 16.1. The molecule has 4 nitrogen and oxygen atoms in total. The molecule has 1 fully saturated rings. The number of primary amides is 1. The number of likely N-dealkylation sites (N-methyl/N-ethyl adjacent to an activating group) is 1. The summed E-state index contributed by atoms with van der Waals surface area (Å²) in [6.07, 6.45) is 0.811. The van der Waals surface area contributed by atoms with Crippen LogP contribution in [0, 0.1) is 0 Å². The summed E-state index contributed by atoms with van der Waals surface area (Å²) in [5, 5.41) is 0. The maximum absolute atomic E-state index is 11.2. The normalized spacial score (nSPS) is 27.5. The molecule has 1 heterocycles. The molecule has 14 heavy (non-hydrogen) atoms. The van der Waals surface area contributed by atoms with Crippen molar-refractivity contribution in [2.75, 3.05) is 26.7 Å². The van der Waals surface area contributed by atoms with Gasteiger partial charge in [-0.15, -0.1) is 0 Å². The minimum Gasteiger partial charge on any atom is -0.368 e. The zero-order chi connectivity index (χ0) is 10.7. The van der Waals surface area contributed by atoms with E-state index in [0.717, 1.165) is 26.1 Å². The summed E-state index contributed by atoms with van der Waals surface area (Å²) < 4.78 is 0. The largest absolute Gasteiger partial charge is 0.368 e. The maximum Gasteiger partial charge on any atom is 0.234 e. The van der Waals surface area contributed by atoms with Gasteiger partial charge in [-0.2, -0.15) is 0 Å². The van der Waals surface area contributed by atoms with Gasteiger partial charge < -0.3 is 10.6 Å². The molecule has 1 saturated heterocycles. The van der Waals surface area contributed by atoms with Crippen molar-refractivity contribution >= 4 is 5.91 Å². The van der Waals surface area contributed by atoms with Crippen LogP contribution in [0.5, 0.6) is 0 Å². The Bertz CT molecular complexity index is 208. The third-order valence-electron chi connectivity index (χ3n) is 3.15. The molecule has 0 aliphatic carbocycles. The predicted molar refractivity (Wildman–Crippen MR) is 56.9 cm³/mol. The Balaban J connectivity index is 2.56.